The SMILES string of the molecule is CC(C)(N)COc1ncnc2ccc([N+](=O)[O-])cc12. The summed E-state index contributed by atoms with van der Waals surface area (Å²) in [7, 11) is 0. The zero-order chi connectivity index (χ0) is 14.0. The summed E-state index contributed by atoms with van der Waals surface area (Å²) in [5.41, 5.74) is 5.87. The molecule has 0 aliphatic rings. The lowest BCUT2D eigenvalue weighted by molar-refractivity contribution is -0.384. The molecular weight excluding hydrogens is 248 g/mol. The minimum atomic E-state index is -0.516. The normalized spacial score (nSPS) is 11.5. The highest BCUT2D eigenvalue weighted by atomic mass is 16.6. The maximum Gasteiger partial charge on any atom is 0.270 e. The highest BCUT2D eigenvalue weighted by molar-refractivity contribution is 5.85. The molecule has 100 valence electrons. The second-order valence-electron chi connectivity index (χ2n) is 4.91. The molecule has 0 radical (unpaired) electrons. The van der Waals surface area contributed by atoms with Crippen LogP contribution in [-0.4, -0.2) is 27.0 Å². The number of nitrogens with two attached hydrogens (primary N) is 1. The average Bonchev–Trinajstić information content (AvgIpc) is 2.34. The zero-order valence-corrected chi connectivity index (χ0v) is 10.7. The van der Waals surface area contributed by atoms with E-state index in [1.807, 2.05) is 13.8 Å². The van der Waals surface area contributed by atoms with Crippen LogP contribution in [0.3, 0.4) is 0 Å². The van der Waals surface area contributed by atoms with Crippen LogP contribution in [0.1, 0.15) is 13.8 Å². The number of aromatic nitrogens is 2. The van der Waals surface area contributed by atoms with Crippen LogP contribution < -0.4 is 10.5 Å². The van der Waals surface area contributed by atoms with E-state index in [2.05, 4.69) is 9.97 Å². The summed E-state index contributed by atoms with van der Waals surface area (Å²) in [5.74, 6) is 0.298. The maximum absolute atomic E-state index is 10.8. The molecule has 7 nitrogen and oxygen atoms in total. The van der Waals surface area contributed by atoms with Gasteiger partial charge in [-0.25, -0.2) is 9.97 Å². The molecule has 1 heterocycles. The second kappa shape index (κ2) is 4.77. The Balaban J connectivity index is 2.42. The lowest BCUT2D eigenvalue weighted by atomic mass is 10.1. The summed E-state index contributed by atoms with van der Waals surface area (Å²) in [4.78, 5) is 18.3. The van der Waals surface area contributed by atoms with E-state index in [1.165, 1.54) is 18.5 Å². The number of nitro groups is 1. The summed E-state index contributed by atoms with van der Waals surface area (Å²) in [6, 6.07) is 4.36. The molecule has 2 aromatic rings. The van der Waals surface area contributed by atoms with Crippen LogP contribution in [0.4, 0.5) is 5.69 Å². The molecule has 0 bridgehead atoms. The average molecular weight is 262 g/mol. The molecule has 0 aliphatic carbocycles. The van der Waals surface area contributed by atoms with Gasteiger partial charge in [0, 0.05) is 17.7 Å². The van der Waals surface area contributed by atoms with Crippen molar-refractivity contribution in [2.24, 2.45) is 5.73 Å². The Labute approximate surface area is 109 Å². The molecule has 0 spiro atoms. The number of ether oxygens (including phenoxy) is 1. The Hall–Kier alpha value is -2.28. The third-order valence-electron chi connectivity index (χ3n) is 2.37. The van der Waals surface area contributed by atoms with Crippen molar-refractivity contribution in [3.63, 3.8) is 0 Å². The van der Waals surface area contributed by atoms with Crippen molar-refractivity contribution >= 4 is 16.6 Å². The van der Waals surface area contributed by atoms with Gasteiger partial charge in [0.25, 0.3) is 5.69 Å². The van der Waals surface area contributed by atoms with Crippen LogP contribution in [0.15, 0.2) is 24.5 Å². The Morgan fingerprint density at radius 2 is 2.16 bits per heavy atom. The van der Waals surface area contributed by atoms with Crippen LogP contribution in [0.25, 0.3) is 10.9 Å². The van der Waals surface area contributed by atoms with Gasteiger partial charge >= 0.3 is 0 Å². The van der Waals surface area contributed by atoms with Crippen molar-refractivity contribution in [3.8, 4) is 5.88 Å². The molecule has 0 unspecified atom stereocenters. The fraction of sp³-hybridized carbons (Fsp3) is 0.333. The van der Waals surface area contributed by atoms with Crippen LogP contribution >= 0.6 is 0 Å². The van der Waals surface area contributed by atoms with E-state index in [1.54, 1.807) is 6.07 Å². The van der Waals surface area contributed by atoms with Gasteiger partial charge in [0.15, 0.2) is 0 Å². The molecule has 0 saturated heterocycles. The number of hydrogen-bond donors (Lipinski definition) is 1. The van der Waals surface area contributed by atoms with Gasteiger partial charge in [0.2, 0.25) is 5.88 Å². The summed E-state index contributed by atoms with van der Waals surface area (Å²) < 4.78 is 5.52. The van der Waals surface area contributed by atoms with E-state index in [0.717, 1.165) is 0 Å². The number of non-ortho nitro benzene ring substituents is 1. The summed E-state index contributed by atoms with van der Waals surface area (Å²) >= 11 is 0. The molecule has 1 aromatic heterocycles. The van der Waals surface area contributed by atoms with Gasteiger partial charge in [-0.1, -0.05) is 0 Å². The predicted molar refractivity (Wildman–Crippen MR) is 70.0 cm³/mol. The van der Waals surface area contributed by atoms with Crippen LogP contribution in [0, 0.1) is 10.1 Å². The van der Waals surface area contributed by atoms with Crippen molar-refractivity contribution in [3.05, 3.63) is 34.6 Å². The molecule has 2 N–H and O–H groups in total. The first kappa shape index (κ1) is 13.2. The monoisotopic (exact) mass is 262 g/mol. The molecule has 0 atom stereocenters. The number of nitrogens with zero attached hydrogens (tertiary/aromatic N) is 3. The Bertz CT molecular complexity index is 622. The summed E-state index contributed by atoms with van der Waals surface area (Å²) in [6.07, 6.45) is 1.35. The first-order chi connectivity index (χ1) is 8.87. The number of rotatable bonds is 4. The van der Waals surface area contributed by atoms with Gasteiger partial charge in [-0.2, -0.15) is 0 Å². The van der Waals surface area contributed by atoms with E-state index >= 15 is 0 Å². The third-order valence-corrected chi connectivity index (χ3v) is 2.37. The van der Waals surface area contributed by atoms with Crippen LogP contribution in [0.2, 0.25) is 0 Å². The fourth-order valence-corrected chi connectivity index (χ4v) is 1.50. The lowest BCUT2D eigenvalue weighted by Gasteiger charge is -2.18. The van der Waals surface area contributed by atoms with E-state index in [9.17, 15) is 10.1 Å². The Kier molecular flexibility index (Phi) is 3.30. The Morgan fingerprint density at radius 1 is 1.42 bits per heavy atom. The molecule has 2 rings (SSSR count). The third kappa shape index (κ3) is 3.14. The Morgan fingerprint density at radius 3 is 2.79 bits per heavy atom. The molecule has 19 heavy (non-hydrogen) atoms. The molecule has 7 heteroatoms. The number of fused-ring (bicyclic) bond motifs is 1. The molecule has 0 fully saturated rings. The van der Waals surface area contributed by atoms with Crippen LogP contribution in [-0.2, 0) is 0 Å². The van der Waals surface area contributed by atoms with E-state index in [-0.39, 0.29) is 12.3 Å². The minimum absolute atomic E-state index is 0.0286. The summed E-state index contributed by atoms with van der Waals surface area (Å²) in [5, 5.41) is 11.3. The molecule has 1 aromatic carbocycles. The maximum atomic E-state index is 10.8. The number of hydrogen-bond acceptors (Lipinski definition) is 6. The van der Waals surface area contributed by atoms with Gasteiger partial charge in [-0.3, -0.25) is 10.1 Å². The van der Waals surface area contributed by atoms with Gasteiger partial charge in [0.05, 0.1) is 15.8 Å². The number of benzene rings is 1. The molecule has 0 saturated carbocycles. The fourth-order valence-electron chi connectivity index (χ4n) is 1.50. The number of nitro benzene ring substituents is 1. The zero-order valence-electron chi connectivity index (χ0n) is 10.7. The van der Waals surface area contributed by atoms with Gasteiger partial charge in [-0.15, -0.1) is 0 Å². The predicted octanol–water partition coefficient (Wildman–Crippen LogP) is 1.65. The van der Waals surface area contributed by atoms with Gasteiger partial charge < -0.3 is 10.5 Å². The quantitative estimate of drug-likeness (QED) is 0.663. The van der Waals surface area contributed by atoms with E-state index in [4.69, 9.17) is 10.5 Å². The molecule has 0 aliphatic heterocycles. The first-order valence-corrected chi connectivity index (χ1v) is 5.68. The van der Waals surface area contributed by atoms with Crippen molar-refractivity contribution in [1.82, 2.24) is 9.97 Å². The van der Waals surface area contributed by atoms with Gasteiger partial charge in [-0.05, 0) is 19.9 Å². The highest BCUT2D eigenvalue weighted by Gasteiger charge is 2.15. The second-order valence-corrected chi connectivity index (χ2v) is 4.91. The smallest absolute Gasteiger partial charge is 0.270 e. The van der Waals surface area contributed by atoms with E-state index < -0.39 is 10.5 Å². The van der Waals surface area contributed by atoms with Gasteiger partial charge in [0.1, 0.15) is 12.9 Å². The van der Waals surface area contributed by atoms with Crippen molar-refractivity contribution in [2.45, 2.75) is 19.4 Å². The highest BCUT2D eigenvalue weighted by Crippen LogP contribution is 2.26. The lowest BCUT2D eigenvalue weighted by Crippen LogP contribution is -2.38. The molecular formula is C12H14N4O3. The van der Waals surface area contributed by atoms with Crippen molar-refractivity contribution < 1.29 is 9.66 Å². The minimum Gasteiger partial charge on any atom is -0.475 e. The standard InChI is InChI=1S/C12H14N4O3/c1-12(2,13)6-19-11-9-5-8(16(17)18)3-4-10(9)14-7-15-11/h3-5,7H,6,13H2,1-2H3. The topological polar surface area (TPSA) is 104 Å². The van der Waals surface area contributed by atoms with Crippen LogP contribution in [0.5, 0.6) is 5.88 Å². The largest absolute Gasteiger partial charge is 0.475 e. The summed E-state index contributed by atoms with van der Waals surface area (Å²) in [6.45, 7) is 3.89. The molecule has 0 amide bonds. The first-order valence-electron chi connectivity index (χ1n) is 5.68. The van der Waals surface area contributed by atoms with E-state index in [0.29, 0.717) is 16.8 Å². The van der Waals surface area contributed by atoms with Crippen molar-refractivity contribution in [1.29, 1.82) is 0 Å². The van der Waals surface area contributed by atoms with Crippen molar-refractivity contribution in [2.75, 3.05) is 6.61 Å².